The van der Waals surface area contributed by atoms with Gasteiger partial charge in [-0.2, -0.15) is 0 Å². The van der Waals surface area contributed by atoms with E-state index in [0.717, 1.165) is 16.6 Å². The predicted octanol–water partition coefficient (Wildman–Crippen LogP) is 3.84. The number of hydrogen-bond acceptors (Lipinski definition) is 4. The smallest absolute Gasteiger partial charge is 0.244 e. The second-order valence-corrected chi connectivity index (χ2v) is 10.0. The molecule has 7 nitrogen and oxygen atoms in total. The van der Waals surface area contributed by atoms with Crippen LogP contribution in [-0.4, -0.2) is 50.5 Å². The maximum Gasteiger partial charge on any atom is 0.244 e. The molecule has 180 valence electrons. The Balaban J connectivity index is 2.49. The summed E-state index contributed by atoms with van der Waals surface area (Å²) < 4.78 is 39.5. The van der Waals surface area contributed by atoms with Gasteiger partial charge in [0.15, 0.2) is 0 Å². The van der Waals surface area contributed by atoms with Crippen molar-refractivity contribution in [2.24, 2.45) is 0 Å². The summed E-state index contributed by atoms with van der Waals surface area (Å²) in [6, 6.07) is 8.87. The largest absolute Gasteiger partial charge is 0.355 e. The Morgan fingerprint density at radius 2 is 1.70 bits per heavy atom. The van der Waals surface area contributed by atoms with Gasteiger partial charge in [-0.05, 0) is 43.7 Å². The molecule has 0 unspecified atom stereocenters. The van der Waals surface area contributed by atoms with Crippen molar-refractivity contribution in [3.8, 4) is 0 Å². The van der Waals surface area contributed by atoms with Gasteiger partial charge in [0.25, 0.3) is 0 Å². The Morgan fingerprint density at radius 3 is 2.21 bits per heavy atom. The van der Waals surface area contributed by atoms with Crippen LogP contribution < -0.4 is 9.62 Å². The van der Waals surface area contributed by atoms with E-state index in [1.54, 1.807) is 32.0 Å². The van der Waals surface area contributed by atoms with E-state index >= 15 is 0 Å². The molecule has 0 saturated heterocycles. The van der Waals surface area contributed by atoms with E-state index in [4.69, 9.17) is 23.2 Å². The molecule has 0 spiro atoms. The Kier molecular flexibility index (Phi) is 9.51. The molecule has 0 saturated carbocycles. The molecule has 0 aliphatic carbocycles. The molecule has 11 heteroatoms. The first kappa shape index (κ1) is 26.9. The average molecular weight is 518 g/mol. The number of benzene rings is 2. The van der Waals surface area contributed by atoms with Crippen molar-refractivity contribution < 1.29 is 22.4 Å². The second kappa shape index (κ2) is 11.7. The molecule has 0 heterocycles. The summed E-state index contributed by atoms with van der Waals surface area (Å²) in [5.41, 5.74) is 0.418. The third kappa shape index (κ3) is 7.06. The topological polar surface area (TPSA) is 86.8 Å². The molecule has 0 radical (unpaired) electrons. The molecular formula is C22H26Cl2FN3O4S. The van der Waals surface area contributed by atoms with Crippen molar-refractivity contribution in [2.45, 2.75) is 32.9 Å². The first-order chi connectivity index (χ1) is 15.5. The number of sulfonamides is 1. The first-order valence-electron chi connectivity index (χ1n) is 10.2. The minimum atomic E-state index is -3.95. The van der Waals surface area contributed by atoms with Crippen LogP contribution in [0.25, 0.3) is 0 Å². The molecule has 0 bridgehead atoms. The van der Waals surface area contributed by atoms with E-state index in [1.807, 2.05) is 0 Å². The zero-order valence-electron chi connectivity index (χ0n) is 18.5. The molecule has 2 amide bonds. The molecule has 1 N–H and O–H groups in total. The number of carbonyl (C=O) groups excluding carboxylic acids is 2. The van der Waals surface area contributed by atoms with E-state index in [9.17, 15) is 22.4 Å². The van der Waals surface area contributed by atoms with Crippen molar-refractivity contribution in [3.63, 3.8) is 0 Å². The first-order valence-corrected chi connectivity index (χ1v) is 12.8. The van der Waals surface area contributed by atoms with E-state index in [1.165, 1.54) is 23.1 Å². The molecular weight excluding hydrogens is 492 g/mol. The summed E-state index contributed by atoms with van der Waals surface area (Å²) in [4.78, 5) is 27.4. The van der Waals surface area contributed by atoms with Crippen molar-refractivity contribution in [1.29, 1.82) is 0 Å². The summed E-state index contributed by atoms with van der Waals surface area (Å²) in [5.74, 6) is -1.71. The van der Waals surface area contributed by atoms with Gasteiger partial charge in [-0.15, -0.1) is 0 Å². The van der Waals surface area contributed by atoms with Crippen LogP contribution >= 0.6 is 23.2 Å². The van der Waals surface area contributed by atoms with Gasteiger partial charge < -0.3 is 10.2 Å². The van der Waals surface area contributed by atoms with Crippen LogP contribution in [0.1, 0.15) is 25.8 Å². The number of nitrogens with zero attached hydrogens (tertiary/aromatic N) is 2. The molecule has 2 aromatic rings. The van der Waals surface area contributed by atoms with Gasteiger partial charge in [-0.25, -0.2) is 12.8 Å². The minimum absolute atomic E-state index is 0.00682. The Morgan fingerprint density at radius 1 is 1.09 bits per heavy atom. The molecule has 2 rings (SSSR count). The van der Waals surface area contributed by atoms with Gasteiger partial charge >= 0.3 is 0 Å². The fraction of sp³-hybridized carbons (Fsp3) is 0.364. The average Bonchev–Trinajstić information content (AvgIpc) is 2.73. The zero-order valence-corrected chi connectivity index (χ0v) is 20.8. The van der Waals surface area contributed by atoms with Crippen molar-refractivity contribution >= 4 is 50.7 Å². The zero-order chi connectivity index (χ0) is 24.8. The number of amides is 2. The lowest BCUT2D eigenvalue weighted by Gasteiger charge is -2.33. The van der Waals surface area contributed by atoms with Gasteiger partial charge in [0, 0.05) is 28.7 Å². The lowest BCUT2D eigenvalue weighted by molar-refractivity contribution is -0.140. The maximum absolute atomic E-state index is 13.8. The summed E-state index contributed by atoms with van der Waals surface area (Å²) in [7, 11) is -3.95. The monoisotopic (exact) mass is 517 g/mol. The van der Waals surface area contributed by atoms with Gasteiger partial charge in [0.05, 0.1) is 11.9 Å². The number of hydrogen-bond donors (Lipinski definition) is 1. The van der Waals surface area contributed by atoms with Crippen LogP contribution in [0.4, 0.5) is 10.1 Å². The lowest BCUT2D eigenvalue weighted by Crippen LogP contribution is -2.52. The summed E-state index contributed by atoms with van der Waals surface area (Å²) in [6.45, 7) is 3.07. The van der Waals surface area contributed by atoms with E-state index in [2.05, 4.69) is 5.32 Å². The third-order valence-corrected chi connectivity index (χ3v) is 6.75. The van der Waals surface area contributed by atoms with E-state index in [0.29, 0.717) is 22.2 Å². The second-order valence-electron chi connectivity index (χ2n) is 7.29. The highest BCUT2D eigenvalue weighted by atomic mass is 35.5. The molecule has 0 aromatic heterocycles. The van der Waals surface area contributed by atoms with Gasteiger partial charge in [0.2, 0.25) is 21.8 Å². The number of rotatable bonds is 10. The van der Waals surface area contributed by atoms with Crippen LogP contribution in [0.2, 0.25) is 10.0 Å². The predicted molar refractivity (Wildman–Crippen MR) is 128 cm³/mol. The summed E-state index contributed by atoms with van der Waals surface area (Å²) in [6.07, 6.45) is 1.18. The molecule has 1 atom stereocenters. The fourth-order valence-electron chi connectivity index (χ4n) is 3.31. The van der Waals surface area contributed by atoms with Crippen LogP contribution in [0, 0.1) is 5.82 Å². The quantitative estimate of drug-likeness (QED) is 0.518. The van der Waals surface area contributed by atoms with Gasteiger partial charge in [-0.3, -0.25) is 13.9 Å². The lowest BCUT2D eigenvalue weighted by atomic mass is 10.1. The van der Waals surface area contributed by atoms with Gasteiger partial charge in [-0.1, -0.05) is 42.3 Å². The van der Waals surface area contributed by atoms with Crippen molar-refractivity contribution in [1.82, 2.24) is 10.2 Å². The van der Waals surface area contributed by atoms with E-state index < -0.39 is 40.2 Å². The Labute approximate surface area is 203 Å². The normalized spacial score (nSPS) is 12.2. The molecule has 0 aliphatic rings. The highest BCUT2D eigenvalue weighted by Crippen LogP contribution is 2.27. The Hall–Kier alpha value is -2.36. The van der Waals surface area contributed by atoms with E-state index in [-0.39, 0.29) is 18.7 Å². The number of carbonyl (C=O) groups is 2. The standard InChI is InChI=1S/C22H26Cl2FN3O4S/c1-4-20(22(30)26-5-2)27(13-17-18(23)10-7-11-19(17)24)21(29)14-28(33(3,31)32)16-9-6-8-15(25)12-16/h6-12,20H,4-5,13-14H2,1-3H3,(H,26,30)/t20-/m0/s1. The molecule has 2 aromatic carbocycles. The summed E-state index contributed by atoms with van der Waals surface area (Å²) in [5, 5.41) is 3.29. The van der Waals surface area contributed by atoms with Crippen LogP contribution in [0.5, 0.6) is 0 Å². The molecule has 0 aliphatic heterocycles. The highest BCUT2D eigenvalue weighted by molar-refractivity contribution is 7.92. The number of anilines is 1. The maximum atomic E-state index is 13.8. The van der Waals surface area contributed by atoms with Crippen molar-refractivity contribution in [2.75, 3.05) is 23.7 Å². The van der Waals surface area contributed by atoms with Crippen molar-refractivity contribution in [3.05, 3.63) is 63.9 Å². The van der Waals surface area contributed by atoms with Gasteiger partial charge in [0.1, 0.15) is 18.4 Å². The van der Waals surface area contributed by atoms with Crippen LogP contribution in [0.3, 0.4) is 0 Å². The molecule has 33 heavy (non-hydrogen) atoms. The third-order valence-electron chi connectivity index (χ3n) is 4.90. The number of nitrogens with one attached hydrogen (secondary N) is 1. The summed E-state index contributed by atoms with van der Waals surface area (Å²) >= 11 is 12.6. The van der Waals surface area contributed by atoms with Crippen LogP contribution in [0.15, 0.2) is 42.5 Å². The highest BCUT2D eigenvalue weighted by Gasteiger charge is 2.32. The number of likely N-dealkylation sites (N-methyl/N-ethyl adjacent to an activating group) is 1. The SMILES string of the molecule is CCNC(=O)[C@H](CC)N(Cc1c(Cl)cccc1Cl)C(=O)CN(c1cccc(F)c1)S(C)(=O)=O. The fourth-order valence-corrected chi connectivity index (χ4v) is 4.67. The minimum Gasteiger partial charge on any atom is -0.355 e. The molecule has 0 fully saturated rings. The Bertz CT molecular complexity index is 1090. The van der Waals surface area contributed by atoms with Crippen LogP contribution in [-0.2, 0) is 26.2 Å². The number of halogens is 3.